The predicted molar refractivity (Wildman–Crippen MR) is 58.0 cm³/mol. The lowest BCUT2D eigenvalue weighted by Crippen LogP contribution is -2.26. The van der Waals surface area contributed by atoms with Crippen LogP contribution in [0.5, 0.6) is 0 Å². The van der Waals surface area contributed by atoms with Gasteiger partial charge < -0.3 is 4.74 Å². The van der Waals surface area contributed by atoms with Crippen molar-refractivity contribution < 1.29 is 14.3 Å². The van der Waals surface area contributed by atoms with Gasteiger partial charge in [-0.25, -0.2) is 0 Å². The standard InChI is InChI=1S/C9H9BrO3S/c1-2-13-9(12)7(10)8(11)6-3-4-14-5-6/h3-5,7H,2H2,1H3. The molecule has 0 aliphatic rings. The average molecular weight is 277 g/mol. The van der Waals surface area contributed by atoms with Crippen molar-refractivity contribution in [2.75, 3.05) is 6.61 Å². The maximum atomic E-state index is 11.6. The first-order valence-corrected chi connectivity index (χ1v) is 5.89. The number of hydrogen-bond donors (Lipinski definition) is 0. The molecule has 1 aromatic rings. The van der Waals surface area contributed by atoms with Crippen LogP contribution in [0.2, 0.25) is 0 Å². The molecule has 0 aromatic carbocycles. The molecule has 1 rings (SSSR count). The third kappa shape index (κ3) is 2.65. The number of rotatable bonds is 4. The van der Waals surface area contributed by atoms with Crippen molar-refractivity contribution in [1.29, 1.82) is 0 Å². The van der Waals surface area contributed by atoms with Gasteiger partial charge in [-0.2, -0.15) is 11.3 Å². The molecule has 0 aliphatic carbocycles. The highest BCUT2D eigenvalue weighted by Gasteiger charge is 2.25. The number of alkyl halides is 1. The van der Waals surface area contributed by atoms with Gasteiger partial charge >= 0.3 is 5.97 Å². The van der Waals surface area contributed by atoms with Crippen LogP contribution in [0.1, 0.15) is 17.3 Å². The Kier molecular flexibility index (Phi) is 4.28. The van der Waals surface area contributed by atoms with E-state index in [0.717, 1.165) is 0 Å². The van der Waals surface area contributed by atoms with E-state index in [2.05, 4.69) is 15.9 Å². The fraction of sp³-hybridized carbons (Fsp3) is 0.333. The number of hydrogen-bond acceptors (Lipinski definition) is 4. The van der Waals surface area contributed by atoms with Crippen LogP contribution in [-0.2, 0) is 9.53 Å². The van der Waals surface area contributed by atoms with Crippen LogP contribution in [0.25, 0.3) is 0 Å². The number of esters is 1. The molecule has 14 heavy (non-hydrogen) atoms. The fourth-order valence-corrected chi connectivity index (χ4v) is 1.92. The van der Waals surface area contributed by atoms with Gasteiger partial charge in [0.2, 0.25) is 0 Å². The number of Topliss-reactive ketones (excluding diaryl/α,β-unsaturated/α-hetero) is 1. The zero-order chi connectivity index (χ0) is 10.6. The topological polar surface area (TPSA) is 43.4 Å². The molecular weight excluding hydrogens is 268 g/mol. The predicted octanol–water partition coefficient (Wildman–Crippen LogP) is 2.26. The molecule has 0 amide bonds. The lowest BCUT2D eigenvalue weighted by atomic mass is 10.2. The first-order chi connectivity index (χ1) is 6.66. The number of thiophene rings is 1. The quantitative estimate of drug-likeness (QED) is 0.367. The van der Waals surface area contributed by atoms with Crippen molar-refractivity contribution in [2.24, 2.45) is 0 Å². The molecule has 0 saturated carbocycles. The smallest absolute Gasteiger partial charge is 0.327 e. The lowest BCUT2D eigenvalue weighted by Gasteiger charge is -2.06. The first kappa shape index (κ1) is 11.4. The van der Waals surface area contributed by atoms with Gasteiger partial charge in [-0.3, -0.25) is 9.59 Å². The maximum absolute atomic E-state index is 11.6. The number of ketones is 1. The summed E-state index contributed by atoms with van der Waals surface area (Å²) in [5.74, 6) is -0.798. The van der Waals surface area contributed by atoms with Crippen LogP contribution in [0.4, 0.5) is 0 Å². The van der Waals surface area contributed by atoms with Crippen LogP contribution >= 0.6 is 27.3 Å². The van der Waals surface area contributed by atoms with Gasteiger partial charge in [0.05, 0.1) is 6.61 Å². The highest BCUT2D eigenvalue weighted by molar-refractivity contribution is 9.10. The molecule has 76 valence electrons. The monoisotopic (exact) mass is 276 g/mol. The van der Waals surface area contributed by atoms with E-state index in [4.69, 9.17) is 4.74 Å². The van der Waals surface area contributed by atoms with Gasteiger partial charge in [0.1, 0.15) is 0 Å². The van der Waals surface area contributed by atoms with E-state index in [9.17, 15) is 9.59 Å². The Morgan fingerprint density at radius 3 is 2.86 bits per heavy atom. The van der Waals surface area contributed by atoms with Crippen molar-refractivity contribution in [3.63, 3.8) is 0 Å². The minimum Gasteiger partial charge on any atom is -0.465 e. The number of carbonyl (C=O) groups is 2. The molecule has 0 radical (unpaired) electrons. The van der Waals surface area contributed by atoms with E-state index < -0.39 is 10.8 Å². The Morgan fingerprint density at radius 1 is 1.64 bits per heavy atom. The molecule has 0 bridgehead atoms. The number of ether oxygens (including phenoxy) is 1. The zero-order valence-corrected chi connectivity index (χ0v) is 9.93. The Morgan fingerprint density at radius 2 is 2.36 bits per heavy atom. The minimum absolute atomic E-state index is 0.260. The molecule has 1 unspecified atom stereocenters. The molecule has 0 N–H and O–H groups in total. The van der Waals surface area contributed by atoms with Crippen LogP contribution in [-0.4, -0.2) is 23.2 Å². The normalized spacial score (nSPS) is 12.1. The second kappa shape index (κ2) is 5.26. The highest BCUT2D eigenvalue weighted by atomic mass is 79.9. The summed E-state index contributed by atoms with van der Waals surface area (Å²) in [5.41, 5.74) is 0.532. The largest absolute Gasteiger partial charge is 0.465 e. The molecule has 0 aliphatic heterocycles. The average Bonchev–Trinajstić information content (AvgIpc) is 2.68. The van der Waals surface area contributed by atoms with E-state index in [0.29, 0.717) is 5.56 Å². The lowest BCUT2D eigenvalue weighted by molar-refractivity contribution is -0.141. The molecule has 0 fully saturated rings. The zero-order valence-electron chi connectivity index (χ0n) is 7.53. The molecule has 0 saturated heterocycles. The fourth-order valence-electron chi connectivity index (χ4n) is 0.873. The minimum atomic E-state index is -0.892. The summed E-state index contributed by atoms with van der Waals surface area (Å²) in [6.07, 6.45) is 0. The summed E-state index contributed by atoms with van der Waals surface area (Å²) in [5, 5.41) is 3.49. The Hall–Kier alpha value is -0.680. The highest BCUT2D eigenvalue weighted by Crippen LogP contribution is 2.14. The van der Waals surface area contributed by atoms with E-state index in [1.807, 2.05) is 0 Å². The molecule has 1 heterocycles. The molecular formula is C9H9BrO3S. The molecule has 0 spiro atoms. The second-order valence-corrected chi connectivity index (χ2v) is 4.19. The molecule has 1 aromatic heterocycles. The number of carbonyl (C=O) groups excluding carboxylic acids is 2. The third-order valence-corrected chi connectivity index (χ3v) is 3.00. The van der Waals surface area contributed by atoms with E-state index in [1.54, 1.807) is 23.8 Å². The van der Waals surface area contributed by atoms with Crippen molar-refractivity contribution >= 4 is 39.0 Å². The van der Waals surface area contributed by atoms with Crippen LogP contribution in [0.15, 0.2) is 16.8 Å². The summed E-state index contributed by atoms with van der Waals surface area (Å²) >= 11 is 4.43. The Balaban J connectivity index is 2.66. The Labute approximate surface area is 94.2 Å². The van der Waals surface area contributed by atoms with Crippen LogP contribution in [0, 0.1) is 0 Å². The van der Waals surface area contributed by atoms with E-state index >= 15 is 0 Å². The molecule has 5 heteroatoms. The summed E-state index contributed by atoms with van der Waals surface area (Å²) in [7, 11) is 0. The Bertz CT molecular complexity index is 321. The van der Waals surface area contributed by atoms with Gasteiger partial charge in [0.25, 0.3) is 0 Å². The van der Waals surface area contributed by atoms with Crippen molar-refractivity contribution in [1.82, 2.24) is 0 Å². The first-order valence-electron chi connectivity index (χ1n) is 4.04. The van der Waals surface area contributed by atoms with Gasteiger partial charge in [-0.05, 0) is 18.4 Å². The van der Waals surface area contributed by atoms with Gasteiger partial charge in [0, 0.05) is 10.9 Å². The molecule has 1 atom stereocenters. The van der Waals surface area contributed by atoms with Crippen molar-refractivity contribution in [2.45, 2.75) is 11.8 Å². The molecule has 3 nitrogen and oxygen atoms in total. The van der Waals surface area contributed by atoms with Crippen molar-refractivity contribution in [3.05, 3.63) is 22.4 Å². The van der Waals surface area contributed by atoms with Crippen LogP contribution in [0.3, 0.4) is 0 Å². The summed E-state index contributed by atoms with van der Waals surface area (Å²) < 4.78 is 4.72. The summed E-state index contributed by atoms with van der Waals surface area (Å²) in [6, 6.07) is 1.68. The van der Waals surface area contributed by atoms with Gasteiger partial charge in [-0.15, -0.1) is 0 Å². The van der Waals surface area contributed by atoms with E-state index in [-0.39, 0.29) is 12.4 Å². The summed E-state index contributed by atoms with van der Waals surface area (Å²) in [6.45, 7) is 1.98. The van der Waals surface area contributed by atoms with Crippen LogP contribution < -0.4 is 0 Å². The summed E-state index contributed by atoms with van der Waals surface area (Å²) in [4.78, 5) is 21.9. The van der Waals surface area contributed by atoms with Crippen molar-refractivity contribution in [3.8, 4) is 0 Å². The number of halogens is 1. The van der Waals surface area contributed by atoms with Gasteiger partial charge in [0.15, 0.2) is 10.6 Å². The third-order valence-electron chi connectivity index (χ3n) is 1.53. The van der Waals surface area contributed by atoms with Gasteiger partial charge in [-0.1, -0.05) is 15.9 Å². The second-order valence-electron chi connectivity index (χ2n) is 2.49. The SMILES string of the molecule is CCOC(=O)C(Br)C(=O)c1ccsc1. The van der Waals surface area contributed by atoms with E-state index in [1.165, 1.54) is 11.3 Å². The maximum Gasteiger partial charge on any atom is 0.327 e.